The van der Waals surface area contributed by atoms with Gasteiger partial charge in [-0.05, 0) is 38.8 Å². The highest BCUT2D eigenvalue weighted by atomic mass is 16.2. The van der Waals surface area contributed by atoms with E-state index in [2.05, 4.69) is 11.9 Å². The quantitative estimate of drug-likeness (QED) is 0.773. The summed E-state index contributed by atoms with van der Waals surface area (Å²) in [5.41, 5.74) is 5.94. The van der Waals surface area contributed by atoms with E-state index in [-0.39, 0.29) is 17.9 Å². The first-order valence-electron chi connectivity index (χ1n) is 6.68. The summed E-state index contributed by atoms with van der Waals surface area (Å²) in [7, 11) is 2.14. The molecule has 0 aromatic carbocycles. The summed E-state index contributed by atoms with van der Waals surface area (Å²) in [4.78, 5) is 16.4. The van der Waals surface area contributed by atoms with Gasteiger partial charge in [0.15, 0.2) is 0 Å². The molecule has 0 bridgehead atoms. The van der Waals surface area contributed by atoms with E-state index in [4.69, 9.17) is 5.73 Å². The summed E-state index contributed by atoms with van der Waals surface area (Å²) < 4.78 is 0. The topological polar surface area (TPSA) is 49.6 Å². The highest BCUT2D eigenvalue weighted by Gasteiger charge is 2.27. The molecule has 2 N–H and O–H groups in total. The van der Waals surface area contributed by atoms with Gasteiger partial charge in [-0.15, -0.1) is 0 Å². The number of likely N-dealkylation sites (tertiary alicyclic amines) is 1. The molecule has 1 aliphatic heterocycles. The van der Waals surface area contributed by atoms with E-state index in [1.165, 1.54) is 6.42 Å². The lowest BCUT2D eigenvalue weighted by Crippen LogP contribution is -2.48. The Morgan fingerprint density at radius 2 is 2.18 bits per heavy atom. The Bertz CT molecular complexity index is 255. The molecule has 4 heteroatoms. The fourth-order valence-electron chi connectivity index (χ4n) is 2.36. The molecule has 0 radical (unpaired) electrons. The number of amides is 1. The van der Waals surface area contributed by atoms with Gasteiger partial charge in [0, 0.05) is 19.6 Å². The largest absolute Gasteiger partial charge is 0.341 e. The van der Waals surface area contributed by atoms with Crippen LogP contribution in [0.25, 0.3) is 0 Å². The molecular weight excluding hydrogens is 214 g/mol. The average Bonchev–Trinajstić information content (AvgIpc) is 2.69. The van der Waals surface area contributed by atoms with Crippen molar-refractivity contribution in [2.24, 2.45) is 17.6 Å². The van der Waals surface area contributed by atoms with E-state index in [1.807, 2.05) is 25.7 Å². The first kappa shape index (κ1) is 14.5. The lowest BCUT2D eigenvalue weighted by Gasteiger charge is -2.28. The van der Waals surface area contributed by atoms with E-state index < -0.39 is 0 Å². The van der Waals surface area contributed by atoms with Gasteiger partial charge in [0.2, 0.25) is 5.91 Å². The van der Waals surface area contributed by atoms with Gasteiger partial charge in [-0.1, -0.05) is 13.8 Å². The lowest BCUT2D eigenvalue weighted by molar-refractivity contribution is -0.134. The minimum atomic E-state index is -0.353. The van der Waals surface area contributed by atoms with Crippen LogP contribution < -0.4 is 5.73 Å². The van der Waals surface area contributed by atoms with Crippen LogP contribution in [0.15, 0.2) is 0 Å². The third kappa shape index (κ3) is 3.96. The number of hydrogen-bond donors (Lipinski definition) is 1. The Morgan fingerprint density at radius 1 is 1.53 bits per heavy atom. The van der Waals surface area contributed by atoms with Crippen LogP contribution in [-0.2, 0) is 4.79 Å². The Hall–Kier alpha value is -0.610. The Balaban J connectivity index is 2.50. The van der Waals surface area contributed by atoms with Crippen molar-refractivity contribution < 1.29 is 4.79 Å². The molecule has 0 saturated carbocycles. The Morgan fingerprint density at radius 3 is 2.59 bits per heavy atom. The second-order valence-electron chi connectivity index (χ2n) is 5.56. The maximum absolute atomic E-state index is 12.2. The van der Waals surface area contributed by atoms with Crippen molar-refractivity contribution in [2.45, 2.75) is 33.2 Å². The summed E-state index contributed by atoms with van der Waals surface area (Å²) in [6, 6.07) is -0.353. The van der Waals surface area contributed by atoms with Crippen LogP contribution in [0, 0.1) is 11.8 Å². The number of likely N-dealkylation sites (N-methyl/N-ethyl adjacent to an activating group) is 1. The maximum Gasteiger partial charge on any atom is 0.239 e. The van der Waals surface area contributed by atoms with E-state index in [0.717, 1.165) is 26.2 Å². The Kier molecular flexibility index (Phi) is 5.40. The first-order chi connectivity index (χ1) is 7.95. The third-order valence-electron chi connectivity index (χ3n) is 3.66. The SMILES string of the molecule is CCN(C[C@@H]1CCN(C)C1)C(=O)[C@@H](N)C(C)C. The monoisotopic (exact) mass is 241 g/mol. The van der Waals surface area contributed by atoms with Crippen molar-refractivity contribution in [1.82, 2.24) is 9.80 Å². The van der Waals surface area contributed by atoms with Crippen LogP contribution in [0.2, 0.25) is 0 Å². The van der Waals surface area contributed by atoms with E-state index >= 15 is 0 Å². The van der Waals surface area contributed by atoms with E-state index in [9.17, 15) is 4.79 Å². The fourth-order valence-corrected chi connectivity index (χ4v) is 2.36. The van der Waals surface area contributed by atoms with Crippen LogP contribution in [-0.4, -0.2) is 55.0 Å². The Labute approximate surface area is 105 Å². The number of nitrogens with two attached hydrogens (primary N) is 1. The molecule has 1 saturated heterocycles. The molecule has 100 valence electrons. The molecule has 0 unspecified atom stereocenters. The number of rotatable bonds is 5. The van der Waals surface area contributed by atoms with Crippen molar-refractivity contribution in [3.8, 4) is 0 Å². The van der Waals surface area contributed by atoms with Crippen molar-refractivity contribution in [3.05, 3.63) is 0 Å². The second-order valence-corrected chi connectivity index (χ2v) is 5.56. The van der Waals surface area contributed by atoms with Crippen LogP contribution in [0.3, 0.4) is 0 Å². The predicted octanol–water partition coefficient (Wildman–Crippen LogP) is 0.770. The number of nitrogens with zero attached hydrogens (tertiary/aromatic N) is 2. The van der Waals surface area contributed by atoms with Crippen LogP contribution in [0.5, 0.6) is 0 Å². The molecule has 1 rings (SSSR count). The van der Waals surface area contributed by atoms with Crippen LogP contribution in [0.1, 0.15) is 27.2 Å². The van der Waals surface area contributed by atoms with Gasteiger partial charge >= 0.3 is 0 Å². The van der Waals surface area contributed by atoms with Gasteiger partial charge in [-0.2, -0.15) is 0 Å². The molecule has 0 spiro atoms. The van der Waals surface area contributed by atoms with Gasteiger partial charge in [0.05, 0.1) is 6.04 Å². The van der Waals surface area contributed by atoms with Crippen LogP contribution >= 0.6 is 0 Å². The predicted molar refractivity (Wildman–Crippen MR) is 70.7 cm³/mol. The standard InChI is InChI=1S/C13H27N3O/c1-5-16(13(17)12(14)10(2)3)9-11-6-7-15(4)8-11/h10-12H,5-9,14H2,1-4H3/t11-,12+/m1/s1. The molecule has 1 heterocycles. The summed E-state index contributed by atoms with van der Waals surface area (Å²) in [6.07, 6.45) is 1.19. The molecule has 1 aliphatic rings. The van der Waals surface area contributed by atoms with E-state index in [0.29, 0.717) is 5.92 Å². The smallest absolute Gasteiger partial charge is 0.239 e. The van der Waals surface area contributed by atoms with Gasteiger partial charge in [-0.25, -0.2) is 0 Å². The molecule has 1 fully saturated rings. The van der Waals surface area contributed by atoms with Crippen LogP contribution in [0.4, 0.5) is 0 Å². The third-order valence-corrected chi connectivity index (χ3v) is 3.66. The van der Waals surface area contributed by atoms with Gasteiger partial charge in [0.25, 0.3) is 0 Å². The lowest BCUT2D eigenvalue weighted by atomic mass is 10.0. The van der Waals surface area contributed by atoms with Gasteiger partial charge < -0.3 is 15.5 Å². The highest BCUT2D eigenvalue weighted by Crippen LogP contribution is 2.16. The highest BCUT2D eigenvalue weighted by molar-refractivity contribution is 5.81. The zero-order chi connectivity index (χ0) is 13.0. The zero-order valence-corrected chi connectivity index (χ0v) is 11.6. The minimum Gasteiger partial charge on any atom is -0.341 e. The molecule has 0 aromatic heterocycles. The van der Waals surface area contributed by atoms with E-state index in [1.54, 1.807) is 0 Å². The molecule has 0 aromatic rings. The first-order valence-corrected chi connectivity index (χ1v) is 6.68. The molecule has 1 amide bonds. The van der Waals surface area contributed by atoms with Gasteiger partial charge in [0.1, 0.15) is 0 Å². The normalized spacial score (nSPS) is 23.1. The van der Waals surface area contributed by atoms with Crippen molar-refractivity contribution in [1.29, 1.82) is 0 Å². The summed E-state index contributed by atoms with van der Waals surface area (Å²) >= 11 is 0. The summed E-state index contributed by atoms with van der Waals surface area (Å²) in [5, 5.41) is 0. The maximum atomic E-state index is 12.2. The van der Waals surface area contributed by atoms with Crippen molar-refractivity contribution in [2.75, 3.05) is 33.2 Å². The number of hydrogen-bond acceptors (Lipinski definition) is 3. The molecule has 2 atom stereocenters. The average molecular weight is 241 g/mol. The zero-order valence-electron chi connectivity index (χ0n) is 11.6. The van der Waals surface area contributed by atoms with Gasteiger partial charge in [-0.3, -0.25) is 4.79 Å². The molecule has 17 heavy (non-hydrogen) atoms. The summed E-state index contributed by atoms with van der Waals surface area (Å²) in [5.74, 6) is 0.933. The minimum absolute atomic E-state index is 0.108. The summed E-state index contributed by atoms with van der Waals surface area (Å²) in [6.45, 7) is 9.90. The fraction of sp³-hybridized carbons (Fsp3) is 0.923. The number of carbonyl (C=O) groups excluding carboxylic acids is 1. The second kappa shape index (κ2) is 6.36. The molecule has 4 nitrogen and oxygen atoms in total. The van der Waals surface area contributed by atoms with Crippen molar-refractivity contribution in [3.63, 3.8) is 0 Å². The molecular formula is C13H27N3O. The van der Waals surface area contributed by atoms with Crippen molar-refractivity contribution >= 4 is 5.91 Å². The number of carbonyl (C=O) groups is 1. The molecule has 0 aliphatic carbocycles.